The Morgan fingerprint density at radius 3 is 2.27 bits per heavy atom. The van der Waals surface area contributed by atoms with Gasteiger partial charge in [-0.1, -0.05) is 28.1 Å². The molecule has 0 fully saturated rings. The molecular formula is C20H11BrN2O3. The predicted octanol–water partition coefficient (Wildman–Crippen LogP) is 6.18. The summed E-state index contributed by atoms with van der Waals surface area (Å²) in [5.41, 5.74) is 1.70. The summed E-state index contributed by atoms with van der Waals surface area (Å²) in [4.78, 5) is 4.37. The fourth-order valence-electron chi connectivity index (χ4n) is 2.53. The average molecular weight is 407 g/mol. The zero-order valence-electron chi connectivity index (χ0n) is 13.3. The maximum atomic E-state index is 9.68. The first-order valence-electron chi connectivity index (χ1n) is 7.70. The fraction of sp³-hybridized carbons (Fsp3) is 0. The Morgan fingerprint density at radius 2 is 1.65 bits per heavy atom. The number of hydrogen-bond acceptors (Lipinski definition) is 5. The molecule has 0 aliphatic rings. The second-order valence-corrected chi connectivity index (χ2v) is 6.28. The van der Waals surface area contributed by atoms with Crippen molar-refractivity contribution in [1.29, 1.82) is 5.26 Å². The summed E-state index contributed by atoms with van der Waals surface area (Å²) < 4.78 is 17.8. The minimum Gasteiger partial charge on any atom is -0.464 e. The zero-order valence-corrected chi connectivity index (χ0v) is 14.9. The molecule has 6 heteroatoms. The fourth-order valence-corrected chi connectivity index (χ4v) is 2.80. The highest BCUT2D eigenvalue weighted by Gasteiger charge is 2.25. The van der Waals surface area contributed by atoms with E-state index in [1.807, 2.05) is 24.3 Å². The van der Waals surface area contributed by atoms with Gasteiger partial charge in [0.05, 0.1) is 18.1 Å². The first kappa shape index (κ1) is 16.2. The third kappa shape index (κ3) is 3.01. The smallest absolute Gasteiger partial charge is 0.238 e. The zero-order chi connectivity index (χ0) is 17.9. The topological polar surface area (TPSA) is 75.6 Å². The molecule has 0 N–H and O–H groups in total. The first-order chi connectivity index (χ1) is 12.8. The van der Waals surface area contributed by atoms with Gasteiger partial charge in [-0.05, 0) is 42.0 Å². The molecule has 4 aromatic rings. The Morgan fingerprint density at radius 1 is 0.962 bits per heavy atom. The van der Waals surface area contributed by atoms with Gasteiger partial charge in [-0.2, -0.15) is 5.26 Å². The van der Waals surface area contributed by atoms with Gasteiger partial charge in [0.25, 0.3) is 0 Å². The van der Waals surface area contributed by atoms with E-state index in [0.29, 0.717) is 28.4 Å². The normalized spacial score (nSPS) is 11.1. The van der Waals surface area contributed by atoms with Crippen molar-refractivity contribution in [3.05, 3.63) is 76.7 Å². The lowest BCUT2D eigenvalue weighted by molar-refractivity contribution is 0.527. The van der Waals surface area contributed by atoms with Crippen LogP contribution in [0.25, 0.3) is 22.8 Å². The van der Waals surface area contributed by atoms with Gasteiger partial charge in [-0.3, -0.25) is 0 Å². The van der Waals surface area contributed by atoms with Gasteiger partial charge in [0.1, 0.15) is 17.4 Å². The van der Waals surface area contributed by atoms with Crippen molar-refractivity contribution in [3.8, 4) is 28.9 Å². The van der Waals surface area contributed by atoms with Crippen molar-refractivity contribution in [2.45, 2.75) is 0 Å². The number of halogens is 1. The van der Waals surface area contributed by atoms with E-state index >= 15 is 0 Å². The molecule has 1 aromatic carbocycles. The summed E-state index contributed by atoms with van der Waals surface area (Å²) in [6, 6.07) is 16.8. The molecule has 3 heterocycles. The molecular weight excluding hydrogens is 396 g/mol. The van der Waals surface area contributed by atoms with Crippen LogP contribution in [0.2, 0.25) is 0 Å². The van der Waals surface area contributed by atoms with Gasteiger partial charge in [0, 0.05) is 10.7 Å². The second kappa shape index (κ2) is 6.90. The van der Waals surface area contributed by atoms with Crippen molar-refractivity contribution >= 4 is 28.0 Å². The summed E-state index contributed by atoms with van der Waals surface area (Å²) in [6.45, 7) is 0. The monoisotopic (exact) mass is 406 g/mol. The Hall–Kier alpha value is -3.30. The Labute approximate surface area is 157 Å². The van der Waals surface area contributed by atoms with E-state index in [9.17, 15) is 5.26 Å². The van der Waals surface area contributed by atoms with Crippen molar-refractivity contribution in [2.24, 2.45) is 4.99 Å². The molecule has 0 spiro atoms. The highest BCUT2D eigenvalue weighted by molar-refractivity contribution is 9.10. The van der Waals surface area contributed by atoms with Crippen molar-refractivity contribution in [2.75, 3.05) is 0 Å². The van der Waals surface area contributed by atoms with E-state index in [-0.39, 0.29) is 5.88 Å². The molecule has 0 aliphatic heterocycles. The van der Waals surface area contributed by atoms with Crippen LogP contribution in [-0.2, 0) is 0 Å². The third-order valence-corrected chi connectivity index (χ3v) is 4.24. The molecule has 0 amide bonds. The largest absolute Gasteiger partial charge is 0.464 e. The van der Waals surface area contributed by atoms with Crippen molar-refractivity contribution in [3.63, 3.8) is 0 Å². The number of nitrogens with zero attached hydrogens (tertiary/aromatic N) is 2. The number of hydrogen-bond donors (Lipinski definition) is 0. The maximum absolute atomic E-state index is 9.68. The van der Waals surface area contributed by atoms with Gasteiger partial charge in [0.15, 0.2) is 11.5 Å². The standard InChI is InChI=1S/C20H11BrN2O3/c21-14-7-5-13(6-8-14)12-23-20-15(11-22)18(16-3-1-9-24-16)19(26-20)17-4-2-10-25-17/h1-10,12H/b23-12+. The number of aliphatic imine (C=N–C) groups is 1. The molecule has 4 rings (SSSR count). The van der Waals surface area contributed by atoms with Crippen LogP contribution in [0, 0.1) is 11.3 Å². The van der Waals surface area contributed by atoms with Crippen LogP contribution >= 0.6 is 15.9 Å². The van der Waals surface area contributed by atoms with Crippen LogP contribution < -0.4 is 0 Å². The molecule has 5 nitrogen and oxygen atoms in total. The van der Waals surface area contributed by atoms with Gasteiger partial charge in [-0.15, -0.1) is 0 Å². The predicted molar refractivity (Wildman–Crippen MR) is 100 cm³/mol. The molecule has 0 aliphatic carbocycles. The lowest BCUT2D eigenvalue weighted by Gasteiger charge is -1.96. The number of furan rings is 3. The van der Waals surface area contributed by atoms with Crippen LogP contribution in [0.4, 0.5) is 5.88 Å². The molecule has 0 radical (unpaired) electrons. The Bertz CT molecular complexity index is 1080. The Kier molecular flexibility index (Phi) is 4.30. The summed E-state index contributed by atoms with van der Waals surface area (Å²) in [5.74, 6) is 1.62. The molecule has 0 saturated heterocycles. The van der Waals surface area contributed by atoms with Gasteiger partial charge in [-0.25, -0.2) is 4.99 Å². The molecule has 3 aromatic heterocycles. The number of benzene rings is 1. The molecule has 126 valence electrons. The second-order valence-electron chi connectivity index (χ2n) is 5.36. The highest BCUT2D eigenvalue weighted by Crippen LogP contribution is 2.42. The van der Waals surface area contributed by atoms with Crippen LogP contribution in [0.3, 0.4) is 0 Å². The first-order valence-corrected chi connectivity index (χ1v) is 8.50. The third-order valence-electron chi connectivity index (χ3n) is 3.71. The molecule has 0 atom stereocenters. The highest BCUT2D eigenvalue weighted by atomic mass is 79.9. The quantitative estimate of drug-likeness (QED) is 0.378. The average Bonchev–Trinajstić information content (AvgIpc) is 3.40. The van der Waals surface area contributed by atoms with E-state index in [1.165, 1.54) is 0 Å². The van der Waals surface area contributed by atoms with E-state index in [0.717, 1.165) is 10.0 Å². The number of rotatable bonds is 4. The lowest BCUT2D eigenvalue weighted by atomic mass is 10.1. The molecule has 0 unspecified atom stereocenters. The van der Waals surface area contributed by atoms with Crippen LogP contribution in [-0.4, -0.2) is 6.21 Å². The van der Waals surface area contributed by atoms with E-state index in [1.54, 1.807) is 43.0 Å². The van der Waals surface area contributed by atoms with Crippen molar-refractivity contribution < 1.29 is 13.3 Å². The lowest BCUT2D eigenvalue weighted by Crippen LogP contribution is -1.81. The van der Waals surface area contributed by atoms with Crippen LogP contribution in [0.5, 0.6) is 0 Å². The van der Waals surface area contributed by atoms with Crippen LogP contribution in [0.15, 0.2) is 83.8 Å². The van der Waals surface area contributed by atoms with E-state index in [4.69, 9.17) is 13.3 Å². The van der Waals surface area contributed by atoms with E-state index in [2.05, 4.69) is 27.0 Å². The van der Waals surface area contributed by atoms with Gasteiger partial charge in [0.2, 0.25) is 5.88 Å². The van der Waals surface area contributed by atoms with E-state index < -0.39 is 0 Å². The van der Waals surface area contributed by atoms with Crippen LogP contribution in [0.1, 0.15) is 11.1 Å². The number of nitriles is 1. The molecule has 0 bridgehead atoms. The summed E-state index contributed by atoms with van der Waals surface area (Å²) >= 11 is 3.39. The maximum Gasteiger partial charge on any atom is 0.238 e. The molecule has 0 saturated carbocycles. The Balaban J connectivity index is 1.84. The molecule has 26 heavy (non-hydrogen) atoms. The van der Waals surface area contributed by atoms with Gasteiger partial charge < -0.3 is 13.3 Å². The summed E-state index contributed by atoms with van der Waals surface area (Å²) in [5, 5.41) is 9.68. The minimum absolute atomic E-state index is 0.202. The summed E-state index contributed by atoms with van der Waals surface area (Å²) in [7, 11) is 0. The van der Waals surface area contributed by atoms with Crippen molar-refractivity contribution in [1.82, 2.24) is 0 Å². The minimum atomic E-state index is 0.202. The van der Waals surface area contributed by atoms with Gasteiger partial charge >= 0.3 is 0 Å². The summed E-state index contributed by atoms with van der Waals surface area (Å²) in [6.07, 6.45) is 4.73. The SMILES string of the molecule is N#Cc1c(/N=C/c2ccc(Br)cc2)oc(-c2ccco2)c1-c1ccco1.